The number of ether oxygens (including phenoxy) is 4. The van der Waals surface area contributed by atoms with Crippen molar-refractivity contribution in [2.45, 2.75) is 24.8 Å². The second-order valence-electron chi connectivity index (χ2n) is 14.3. The Hall–Kier alpha value is -5.37. The van der Waals surface area contributed by atoms with Gasteiger partial charge in [0, 0.05) is 26.2 Å². The lowest BCUT2D eigenvalue weighted by Crippen LogP contribution is -2.57. The van der Waals surface area contributed by atoms with Crippen molar-refractivity contribution in [1.29, 1.82) is 0 Å². The lowest BCUT2D eigenvalue weighted by atomic mass is 9.75. The van der Waals surface area contributed by atoms with Gasteiger partial charge in [-0.15, -0.1) is 5.06 Å². The Balaban J connectivity index is 0.753. The Kier molecular flexibility index (Phi) is 12.5. The minimum absolute atomic E-state index is 0.00604. The van der Waals surface area contributed by atoms with Gasteiger partial charge in [-0.25, -0.2) is 9.59 Å². The van der Waals surface area contributed by atoms with Crippen molar-refractivity contribution in [1.82, 2.24) is 14.9 Å². The first-order chi connectivity index (χ1) is 27.4. The smallest absolute Gasteiger partial charge is 0.409 e. The summed E-state index contributed by atoms with van der Waals surface area (Å²) in [4.78, 5) is 71.8. The van der Waals surface area contributed by atoms with Crippen LogP contribution in [0.1, 0.15) is 36.0 Å². The maximum atomic E-state index is 13.0. The van der Waals surface area contributed by atoms with Crippen molar-refractivity contribution < 1.29 is 47.8 Å². The highest BCUT2D eigenvalue weighted by Gasteiger charge is 2.61. The minimum Gasteiger partial charge on any atom is -0.463 e. The molecule has 0 spiro atoms. The molecule has 294 valence electrons. The fourth-order valence-corrected chi connectivity index (χ4v) is 8.51. The van der Waals surface area contributed by atoms with Crippen LogP contribution in [0.15, 0.2) is 103 Å². The first kappa shape index (κ1) is 38.9. The van der Waals surface area contributed by atoms with Gasteiger partial charge in [0.2, 0.25) is 0 Å². The van der Waals surface area contributed by atoms with E-state index in [1.807, 2.05) is 30.4 Å². The number of benzene rings is 3. The molecular formula is C43H47N3O10. The van der Waals surface area contributed by atoms with E-state index >= 15 is 0 Å². The second-order valence-corrected chi connectivity index (χ2v) is 14.3. The van der Waals surface area contributed by atoms with E-state index < -0.39 is 41.1 Å². The van der Waals surface area contributed by atoms with Crippen molar-refractivity contribution >= 4 is 29.8 Å². The van der Waals surface area contributed by atoms with Gasteiger partial charge in [-0.05, 0) is 34.9 Å². The third kappa shape index (κ3) is 8.25. The maximum absolute atomic E-state index is 13.0. The molecule has 56 heavy (non-hydrogen) atoms. The summed E-state index contributed by atoms with van der Waals surface area (Å²) in [6, 6.07) is 31.5. The van der Waals surface area contributed by atoms with E-state index in [-0.39, 0.29) is 70.4 Å². The summed E-state index contributed by atoms with van der Waals surface area (Å²) >= 11 is 0. The molecule has 3 aromatic rings. The highest BCUT2D eigenvalue weighted by atomic mass is 16.7. The van der Waals surface area contributed by atoms with Crippen LogP contribution in [0.5, 0.6) is 0 Å². The zero-order valence-electron chi connectivity index (χ0n) is 31.2. The largest absolute Gasteiger partial charge is 0.463 e. The lowest BCUT2D eigenvalue weighted by Gasteiger charge is -2.48. The average molecular weight is 766 g/mol. The van der Waals surface area contributed by atoms with E-state index in [2.05, 4.69) is 77.7 Å². The SMILES string of the molecule is O=C(CCC(=O)ON1C(=O)C2[C@@H]3C=C[C@@H](C3)[C@@H]2C1=O)OCCOCCOCCOC(=O)N1CCN(C(c2ccccc2)(c2ccccc2)c2ccccc2)CC1. The first-order valence-corrected chi connectivity index (χ1v) is 19.3. The molecule has 3 amide bonds. The van der Waals surface area contributed by atoms with Crippen LogP contribution in [0.2, 0.25) is 0 Å². The van der Waals surface area contributed by atoms with Crippen LogP contribution in [-0.4, -0.2) is 111 Å². The van der Waals surface area contributed by atoms with E-state index in [1.165, 1.54) is 0 Å². The van der Waals surface area contributed by atoms with Gasteiger partial charge in [-0.2, -0.15) is 0 Å². The number of imide groups is 1. The molecule has 13 nitrogen and oxygen atoms in total. The van der Waals surface area contributed by atoms with Crippen LogP contribution in [-0.2, 0) is 48.5 Å². The Morgan fingerprint density at radius 2 is 1.02 bits per heavy atom. The molecule has 4 atom stereocenters. The van der Waals surface area contributed by atoms with Crippen molar-refractivity contribution in [2.75, 3.05) is 65.8 Å². The quantitative estimate of drug-likeness (QED) is 0.0637. The summed E-state index contributed by atoms with van der Waals surface area (Å²) in [5.74, 6) is -3.39. The number of carbonyl (C=O) groups is 5. The zero-order chi connectivity index (χ0) is 38.9. The molecule has 2 heterocycles. The van der Waals surface area contributed by atoms with Crippen LogP contribution in [0.3, 0.4) is 0 Å². The van der Waals surface area contributed by atoms with E-state index in [4.69, 9.17) is 23.8 Å². The van der Waals surface area contributed by atoms with Crippen LogP contribution in [0.4, 0.5) is 4.79 Å². The predicted octanol–water partition coefficient (Wildman–Crippen LogP) is 4.35. The van der Waals surface area contributed by atoms with Gasteiger partial charge in [0.15, 0.2) is 0 Å². The minimum atomic E-state index is -0.849. The molecule has 4 aliphatic rings. The summed E-state index contributed by atoms with van der Waals surface area (Å²) in [5, 5.41) is 0.575. The molecule has 2 saturated heterocycles. The predicted molar refractivity (Wildman–Crippen MR) is 201 cm³/mol. The van der Waals surface area contributed by atoms with E-state index in [0.29, 0.717) is 31.2 Å². The lowest BCUT2D eigenvalue weighted by molar-refractivity contribution is -0.199. The van der Waals surface area contributed by atoms with Crippen LogP contribution in [0, 0.1) is 23.7 Å². The molecular weight excluding hydrogens is 718 g/mol. The van der Waals surface area contributed by atoms with Crippen LogP contribution < -0.4 is 0 Å². The molecule has 1 saturated carbocycles. The van der Waals surface area contributed by atoms with E-state index in [1.54, 1.807) is 4.90 Å². The van der Waals surface area contributed by atoms with Crippen LogP contribution >= 0.6 is 0 Å². The van der Waals surface area contributed by atoms with Gasteiger partial charge < -0.3 is 28.7 Å². The van der Waals surface area contributed by atoms with Gasteiger partial charge in [-0.1, -0.05) is 103 Å². The third-order valence-electron chi connectivity index (χ3n) is 11.1. The Morgan fingerprint density at radius 1 is 0.571 bits per heavy atom. The van der Waals surface area contributed by atoms with Crippen LogP contribution in [0.25, 0.3) is 0 Å². The molecule has 3 fully saturated rings. The Bertz CT molecular complexity index is 1740. The maximum Gasteiger partial charge on any atom is 0.409 e. The van der Waals surface area contributed by atoms with Crippen molar-refractivity contribution in [3.63, 3.8) is 0 Å². The number of hydrogen-bond donors (Lipinski definition) is 0. The van der Waals surface area contributed by atoms with Gasteiger partial charge in [0.05, 0.1) is 56.6 Å². The molecule has 2 aliphatic heterocycles. The number of rotatable bonds is 17. The number of carbonyl (C=O) groups excluding carboxylic acids is 5. The van der Waals surface area contributed by atoms with Crippen molar-refractivity contribution in [2.24, 2.45) is 23.7 Å². The second kappa shape index (κ2) is 18.1. The molecule has 0 N–H and O–H groups in total. The highest BCUT2D eigenvalue weighted by Crippen LogP contribution is 2.52. The number of nitrogens with zero attached hydrogens (tertiary/aromatic N) is 3. The number of fused-ring (bicyclic) bond motifs is 5. The molecule has 7 rings (SSSR count). The monoisotopic (exact) mass is 765 g/mol. The van der Waals surface area contributed by atoms with Gasteiger partial charge >= 0.3 is 18.0 Å². The number of piperazine rings is 1. The molecule has 13 heteroatoms. The number of hydrogen-bond acceptors (Lipinski definition) is 11. The summed E-state index contributed by atoms with van der Waals surface area (Å²) in [6.07, 6.45) is 3.71. The zero-order valence-corrected chi connectivity index (χ0v) is 31.2. The van der Waals surface area contributed by atoms with Crippen molar-refractivity contribution in [3.05, 3.63) is 120 Å². The normalized spacial score (nSPS) is 21.6. The van der Waals surface area contributed by atoms with E-state index in [9.17, 15) is 24.0 Å². The molecule has 3 aromatic carbocycles. The highest BCUT2D eigenvalue weighted by molar-refractivity contribution is 6.06. The average Bonchev–Trinajstić information content (AvgIpc) is 3.93. The molecule has 0 radical (unpaired) electrons. The van der Waals surface area contributed by atoms with Gasteiger partial charge in [0.25, 0.3) is 11.8 Å². The third-order valence-corrected chi connectivity index (χ3v) is 11.1. The number of amides is 3. The van der Waals surface area contributed by atoms with Crippen molar-refractivity contribution in [3.8, 4) is 0 Å². The molecule has 2 bridgehead atoms. The number of allylic oxidation sites excluding steroid dienone is 2. The summed E-state index contributed by atoms with van der Waals surface area (Å²) in [7, 11) is 0. The topological polar surface area (TPSA) is 141 Å². The summed E-state index contributed by atoms with van der Waals surface area (Å²) in [6.45, 7) is 3.20. The summed E-state index contributed by atoms with van der Waals surface area (Å²) in [5.41, 5.74) is 2.95. The first-order valence-electron chi connectivity index (χ1n) is 19.3. The Morgan fingerprint density at radius 3 is 1.52 bits per heavy atom. The van der Waals surface area contributed by atoms with Gasteiger partial charge in [-0.3, -0.25) is 19.3 Å². The number of esters is 1. The standard InChI is InChI=1S/C43H47N3O10/c47-36(18-19-37(48)56-46-40(49)38-31-16-17-32(30-31)39(38)41(46)50)54-28-26-52-24-25-53-27-29-55-42(51)44-20-22-45(23-21-44)43(33-10-4-1-5-11-33,34-12-6-2-7-13-34)35-14-8-3-9-15-35/h1-17,31-32,38-39H,18-30H2/t31-,32+,38-,39?/m0/s1. The van der Waals surface area contributed by atoms with E-state index in [0.717, 1.165) is 23.1 Å². The molecule has 0 aromatic heterocycles. The fraction of sp³-hybridized carbons (Fsp3) is 0.419. The Labute approximate surface area is 326 Å². The number of hydroxylamine groups is 2. The van der Waals surface area contributed by atoms with Gasteiger partial charge in [0.1, 0.15) is 13.2 Å². The summed E-state index contributed by atoms with van der Waals surface area (Å²) < 4.78 is 21.6. The fourth-order valence-electron chi connectivity index (χ4n) is 8.51. The molecule has 2 aliphatic carbocycles. The molecule has 1 unspecified atom stereocenters.